The van der Waals surface area contributed by atoms with Crippen LogP contribution < -0.4 is 4.90 Å². The third kappa shape index (κ3) is 2.06. The highest BCUT2D eigenvalue weighted by atomic mass is 79.9. The summed E-state index contributed by atoms with van der Waals surface area (Å²) in [6.07, 6.45) is 0.501. The average Bonchev–Trinajstić information content (AvgIpc) is 2.97. The number of nitrogens with zero attached hydrogens (tertiary/aromatic N) is 2. The first-order chi connectivity index (χ1) is 8.74. The molecule has 92 valence electrons. The van der Waals surface area contributed by atoms with Crippen LogP contribution in [0.2, 0.25) is 0 Å². The summed E-state index contributed by atoms with van der Waals surface area (Å²) >= 11 is 3.44. The molecule has 1 aliphatic rings. The molecule has 1 fully saturated rings. The van der Waals surface area contributed by atoms with Crippen molar-refractivity contribution in [1.82, 2.24) is 5.16 Å². The molecule has 1 aromatic heterocycles. The van der Waals surface area contributed by atoms with Crippen LogP contribution >= 0.6 is 15.9 Å². The first kappa shape index (κ1) is 11.5. The van der Waals surface area contributed by atoms with Crippen LogP contribution in [0.4, 0.5) is 5.88 Å². The molecular formula is C13H11BrN2O2. The minimum atomic E-state index is 0.0626. The Morgan fingerprint density at radius 3 is 2.78 bits per heavy atom. The molecule has 5 heteroatoms. The molecule has 0 bridgehead atoms. The molecule has 0 radical (unpaired) electrons. The summed E-state index contributed by atoms with van der Waals surface area (Å²) in [4.78, 5) is 13.6. The number of hydrogen-bond donors (Lipinski definition) is 0. The summed E-state index contributed by atoms with van der Waals surface area (Å²) in [6, 6.07) is 11.6. The second-order valence-electron chi connectivity index (χ2n) is 4.22. The Labute approximate surface area is 113 Å². The molecule has 1 saturated heterocycles. The van der Waals surface area contributed by atoms with Crippen molar-refractivity contribution in [3.8, 4) is 11.3 Å². The predicted molar refractivity (Wildman–Crippen MR) is 71.6 cm³/mol. The number of amides is 1. The maximum atomic E-state index is 11.7. The zero-order valence-corrected chi connectivity index (χ0v) is 11.1. The molecule has 4 nitrogen and oxygen atoms in total. The van der Waals surface area contributed by atoms with Gasteiger partial charge in [0.15, 0.2) is 0 Å². The standard InChI is InChI=1S/C13H11BrN2O2/c14-10-6-12(17)16(8-10)13-7-11(15-18-13)9-4-2-1-3-5-9/h1-5,7,10H,6,8H2. The third-order valence-electron chi connectivity index (χ3n) is 2.91. The number of hydrogen-bond acceptors (Lipinski definition) is 3. The van der Waals surface area contributed by atoms with E-state index >= 15 is 0 Å². The maximum absolute atomic E-state index is 11.7. The summed E-state index contributed by atoms with van der Waals surface area (Å²) < 4.78 is 5.26. The van der Waals surface area contributed by atoms with Crippen molar-refractivity contribution in [1.29, 1.82) is 0 Å². The summed E-state index contributed by atoms with van der Waals surface area (Å²) in [5.41, 5.74) is 1.73. The van der Waals surface area contributed by atoms with Crippen molar-refractivity contribution in [2.45, 2.75) is 11.2 Å². The van der Waals surface area contributed by atoms with Crippen LogP contribution in [0.5, 0.6) is 0 Å². The fraction of sp³-hybridized carbons (Fsp3) is 0.231. The minimum Gasteiger partial charge on any atom is -0.338 e. The van der Waals surface area contributed by atoms with E-state index < -0.39 is 0 Å². The topological polar surface area (TPSA) is 46.3 Å². The predicted octanol–water partition coefficient (Wildman–Crippen LogP) is 2.84. The highest BCUT2D eigenvalue weighted by Gasteiger charge is 2.31. The monoisotopic (exact) mass is 306 g/mol. The van der Waals surface area contributed by atoms with E-state index in [0.29, 0.717) is 18.8 Å². The fourth-order valence-corrected chi connectivity index (χ4v) is 2.58. The Hall–Kier alpha value is -1.62. The maximum Gasteiger partial charge on any atom is 0.234 e. The number of alkyl halides is 1. The van der Waals surface area contributed by atoms with Gasteiger partial charge >= 0.3 is 0 Å². The minimum absolute atomic E-state index is 0.0626. The molecule has 1 unspecified atom stereocenters. The number of anilines is 1. The van der Waals surface area contributed by atoms with Gasteiger partial charge in [-0.2, -0.15) is 0 Å². The second-order valence-corrected chi connectivity index (χ2v) is 5.52. The van der Waals surface area contributed by atoms with Gasteiger partial charge in [-0.25, -0.2) is 0 Å². The van der Waals surface area contributed by atoms with Gasteiger partial charge in [0.25, 0.3) is 0 Å². The Morgan fingerprint density at radius 1 is 1.33 bits per heavy atom. The highest BCUT2D eigenvalue weighted by molar-refractivity contribution is 9.09. The van der Waals surface area contributed by atoms with Crippen LogP contribution in [-0.2, 0) is 4.79 Å². The molecule has 0 spiro atoms. The van der Waals surface area contributed by atoms with Gasteiger partial charge in [0.05, 0.1) is 0 Å². The highest BCUT2D eigenvalue weighted by Crippen LogP contribution is 2.28. The van der Waals surface area contributed by atoms with Crippen molar-refractivity contribution in [3.05, 3.63) is 36.4 Å². The van der Waals surface area contributed by atoms with Crippen molar-refractivity contribution >= 4 is 27.7 Å². The van der Waals surface area contributed by atoms with Gasteiger partial charge in [-0.1, -0.05) is 51.4 Å². The largest absolute Gasteiger partial charge is 0.338 e. The average molecular weight is 307 g/mol. The smallest absolute Gasteiger partial charge is 0.234 e. The zero-order valence-electron chi connectivity index (χ0n) is 9.54. The zero-order chi connectivity index (χ0) is 12.5. The van der Waals surface area contributed by atoms with Crippen LogP contribution in [0.3, 0.4) is 0 Å². The molecular weight excluding hydrogens is 296 g/mol. The SMILES string of the molecule is O=C1CC(Br)CN1c1cc(-c2ccccc2)no1. The molecule has 1 atom stereocenters. The molecule has 1 aromatic carbocycles. The van der Waals surface area contributed by atoms with E-state index in [1.807, 2.05) is 30.3 Å². The van der Waals surface area contributed by atoms with E-state index in [4.69, 9.17) is 4.52 Å². The van der Waals surface area contributed by atoms with Gasteiger partial charge in [0.2, 0.25) is 11.8 Å². The number of aromatic nitrogens is 1. The van der Waals surface area contributed by atoms with Gasteiger partial charge in [0, 0.05) is 29.4 Å². The van der Waals surface area contributed by atoms with Crippen LogP contribution in [0.1, 0.15) is 6.42 Å². The fourth-order valence-electron chi connectivity index (χ4n) is 2.01. The lowest BCUT2D eigenvalue weighted by molar-refractivity contribution is -0.117. The number of rotatable bonds is 2. The summed E-state index contributed by atoms with van der Waals surface area (Å²) in [7, 11) is 0. The van der Waals surface area contributed by atoms with Crippen molar-refractivity contribution in [2.75, 3.05) is 11.4 Å². The summed E-state index contributed by atoms with van der Waals surface area (Å²) in [5.74, 6) is 0.577. The van der Waals surface area contributed by atoms with E-state index in [0.717, 1.165) is 11.3 Å². The first-order valence-electron chi connectivity index (χ1n) is 5.70. The van der Waals surface area contributed by atoms with E-state index in [1.165, 1.54) is 0 Å². The molecule has 18 heavy (non-hydrogen) atoms. The van der Waals surface area contributed by atoms with Crippen LogP contribution in [-0.4, -0.2) is 22.4 Å². The van der Waals surface area contributed by atoms with Gasteiger partial charge in [0.1, 0.15) is 5.69 Å². The quantitative estimate of drug-likeness (QED) is 0.802. The Morgan fingerprint density at radius 2 is 2.11 bits per heavy atom. The van der Waals surface area contributed by atoms with E-state index in [1.54, 1.807) is 11.0 Å². The normalized spacial score (nSPS) is 19.5. The Balaban J connectivity index is 1.88. The molecule has 2 heterocycles. The molecule has 3 rings (SSSR count). The summed E-state index contributed by atoms with van der Waals surface area (Å²) in [5, 5.41) is 4.01. The molecule has 0 N–H and O–H groups in total. The lowest BCUT2D eigenvalue weighted by Crippen LogP contribution is -2.23. The van der Waals surface area contributed by atoms with E-state index in [2.05, 4.69) is 21.1 Å². The van der Waals surface area contributed by atoms with Crippen molar-refractivity contribution < 1.29 is 9.32 Å². The van der Waals surface area contributed by atoms with Gasteiger partial charge in [-0.3, -0.25) is 9.69 Å². The van der Waals surface area contributed by atoms with E-state index in [-0.39, 0.29) is 10.7 Å². The lowest BCUT2D eigenvalue weighted by Gasteiger charge is -2.09. The number of carbonyl (C=O) groups is 1. The van der Waals surface area contributed by atoms with Gasteiger partial charge in [-0.15, -0.1) is 0 Å². The molecule has 0 saturated carbocycles. The molecule has 0 aliphatic carbocycles. The number of carbonyl (C=O) groups excluding carboxylic acids is 1. The second kappa shape index (κ2) is 4.57. The lowest BCUT2D eigenvalue weighted by atomic mass is 10.1. The van der Waals surface area contributed by atoms with Crippen molar-refractivity contribution in [3.63, 3.8) is 0 Å². The molecule has 2 aromatic rings. The summed E-state index contributed by atoms with van der Waals surface area (Å²) in [6.45, 7) is 0.627. The molecule has 1 amide bonds. The number of halogens is 1. The molecule has 1 aliphatic heterocycles. The van der Waals surface area contributed by atoms with Gasteiger partial charge in [-0.05, 0) is 0 Å². The number of benzene rings is 1. The van der Waals surface area contributed by atoms with Crippen LogP contribution in [0, 0.1) is 0 Å². The first-order valence-corrected chi connectivity index (χ1v) is 6.62. The van der Waals surface area contributed by atoms with Crippen LogP contribution in [0.15, 0.2) is 40.9 Å². The van der Waals surface area contributed by atoms with E-state index in [9.17, 15) is 4.79 Å². The van der Waals surface area contributed by atoms with Crippen molar-refractivity contribution in [2.24, 2.45) is 0 Å². The third-order valence-corrected chi connectivity index (χ3v) is 3.52. The van der Waals surface area contributed by atoms with Gasteiger partial charge < -0.3 is 4.52 Å². The Bertz CT molecular complexity index is 567. The van der Waals surface area contributed by atoms with Crippen LogP contribution in [0.25, 0.3) is 11.3 Å². The Kier molecular flexibility index (Phi) is 2.91.